The topological polar surface area (TPSA) is 60.9 Å². The van der Waals surface area contributed by atoms with E-state index in [0.29, 0.717) is 22.4 Å². The van der Waals surface area contributed by atoms with Gasteiger partial charge in [0.15, 0.2) is 16.6 Å². The summed E-state index contributed by atoms with van der Waals surface area (Å²) in [5.74, 6) is 2.47. The number of thiazole rings is 1. The van der Waals surface area contributed by atoms with E-state index < -0.39 is 0 Å². The average Bonchev–Trinajstić information content (AvgIpc) is 3.29. The molecule has 0 unspecified atom stereocenters. The van der Waals surface area contributed by atoms with E-state index >= 15 is 0 Å². The standard InChI is InChI=1S/C19H18N2O4S2/c1-23-11-7-8-13-15(9-11)27-19(20-13)21-16(22)10-26-18(21)12-5-4-6-14(24-2)17(12)25-3/h4-9,18H,10H2,1-3H3/t18-/m1/s1. The van der Waals surface area contributed by atoms with E-state index in [1.807, 2.05) is 36.4 Å². The number of rotatable bonds is 5. The zero-order chi connectivity index (χ0) is 19.0. The van der Waals surface area contributed by atoms with Crippen LogP contribution in [0.5, 0.6) is 17.2 Å². The third-order valence-electron chi connectivity index (χ3n) is 4.36. The van der Waals surface area contributed by atoms with Crippen molar-refractivity contribution in [2.24, 2.45) is 0 Å². The van der Waals surface area contributed by atoms with E-state index in [1.54, 1.807) is 38.0 Å². The fraction of sp³-hybridized carbons (Fsp3) is 0.263. The molecule has 6 nitrogen and oxygen atoms in total. The molecule has 1 fully saturated rings. The van der Waals surface area contributed by atoms with Crippen molar-refractivity contribution in [3.05, 3.63) is 42.0 Å². The Morgan fingerprint density at radius 1 is 1.11 bits per heavy atom. The molecular formula is C19H18N2O4S2. The van der Waals surface area contributed by atoms with Crippen LogP contribution < -0.4 is 19.1 Å². The molecule has 2 heterocycles. The van der Waals surface area contributed by atoms with Crippen LogP contribution in [0.15, 0.2) is 36.4 Å². The summed E-state index contributed by atoms with van der Waals surface area (Å²) in [6, 6.07) is 11.4. The second-order valence-electron chi connectivity index (χ2n) is 5.84. The molecule has 0 spiro atoms. The first-order valence-electron chi connectivity index (χ1n) is 8.25. The summed E-state index contributed by atoms with van der Waals surface area (Å²) >= 11 is 3.03. The third-order valence-corrected chi connectivity index (χ3v) is 6.57. The Kier molecular flexibility index (Phi) is 4.84. The summed E-state index contributed by atoms with van der Waals surface area (Å²) in [6.45, 7) is 0. The van der Waals surface area contributed by atoms with Crippen molar-refractivity contribution < 1.29 is 19.0 Å². The van der Waals surface area contributed by atoms with Gasteiger partial charge in [-0.05, 0) is 24.3 Å². The molecule has 1 amide bonds. The molecule has 8 heteroatoms. The number of methoxy groups -OCH3 is 3. The van der Waals surface area contributed by atoms with E-state index in [4.69, 9.17) is 14.2 Å². The minimum atomic E-state index is -0.218. The largest absolute Gasteiger partial charge is 0.497 e. The number of aromatic nitrogens is 1. The molecular weight excluding hydrogens is 384 g/mol. The van der Waals surface area contributed by atoms with E-state index in [9.17, 15) is 4.79 Å². The Morgan fingerprint density at radius 2 is 1.96 bits per heavy atom. The van der Waals surface area contributed by atoms with Crippen LogP contribution in [0, 0.1) is 0 Å². The highest BCUT2D eigenvalue weighted by molar-refractivity contribution is 8.00. The lowest BCUT2D eigenvalue weighted by Crippen LogP contribution is -2.27. The number of anilines is 1. The lowest BCUT2D eigenvalue weighted by molar-refractivity contribution is -0.115. The lowest BCUT2D eigenvalue weighted by atomic mass is 10.1. The van der Waals surface area contributed by atoms with Gasteiger partial charge < -0.3 is 14.2 Å². The lowest BCUT2D eigenvalue weighted by Gasteiger charge is -2.23. The Morgan fingerprint density at radius 3 is 2.70 bits per heavy atom. The molecule has 1 aliphatic rings. The minimum absolute atomic E-state index is 0.0286. The number of para-hydroxylation sites is 1. The fourth-order valence-electron chi connectivity index (χ4n) is 3.09. The van der Waals surface area contributed by atoms with Crippen LogP contribution in [0.25, 0.3) is 10.2 Å². The van der Waals surface area contributed by atoms with Crippen LogP contribution in [-0.2, 0) is 4.79 Å². The van der Waals surface area contributed by atoms with Gasteiger partial charge in [-0.15, -0.1) is 11.8 Å². The number of nitrogens with zero attached hydrogens (tertiary/aromatic N) is 2. The number of carbonyl (C=O) groups excluding carboxylic acids is 1. The fourth-order valence-corrected chi connectivity index (χ4v) is 5.37. The zero-order valence-corrected chi connectivity index (χ0v) is 16.7. The van der Waals surface area contributed by atoms with E-state index in [-0.39, 0.29) is 11.3 Å². The van der Waals surface area contributed by atoms with Gasteiger partial charge in [0.05, 0.1) is 37.3 Å². The maximum Gasteiger partial charge on any atom is 0.240 e. The van der Waals surface area contributed by atoms with Crippen LogP contribution in [0.2, 0.25) is 0 Å². The van der Waals surface area contributed by atoms with E-state index in [2.05, 4.69) is 4.98 Å². The van der Waals surface area contributed by atoms with Crippen LogP contribution in [0.1, 0.15) is 10.9 Å². The summed E-state index contributed by atoms with van der Waals surface area (Å²) in [7, 11) is 4.85. The third kappa shape index (κ3) is 3.08. The Hall–Kier alpha value is -2.45. The predicted molar refractivity (Wildman–Crippen MR) is 108 cm³/mol. The number of benzene rings is 2. The summed E-state index contributed by atoms with van der Waals surface area (Å²) in [5.41, 5.74) is 1.74. The molecule has 1 saturated heterocycles. The highest BCUT2D eigenvalue weighted by Gasteiger charge is 2.38. The molecule has 27 heavy (non-hydrogen) atoms. The van der Waals surface area contributed by atoms with Crippen LogP contribution >= 0.6 is 23.1 Å². The van der Waals surface area contributed by atoms with Gasteiger partial charge >= 0.3 is 0 Å². The SMILES string of the molecule is COc1ccc2nc(N3C(=O)CS[C@@H]3c3cccc(OC)c3OC)sc2c1. The van der Waals surface area contributed by atoms with Gasteiger partial charge in [-0.1, -0.05) is 23.5 Å². The highest BCUT2D eigenvalue weighted by Crippen LogP contribution is 2.48. The molecule has 1 atom stereocenters. The second kappa shape index (κ2) is 7.28. The Bertz CT molecular complexity index is 1000. The average molecular weight is 402 g/mol. The minimum Gasteiger partial charge on any atom is -0.497 e. The molecule has 4 rings (SSSR count). The van der Waals surface area contributed by atoms with Gasteiger partial charge in [-0.2, -0.15) is 0 Å². The normalized spacial score (nSPS) is 16.8. The molecule has 0 bridgehead atoms. The van der Waals surface area contributed by atoms with Crippen LogP contribution in [0.3, 0.4) is 0 Å². The summed E-state index contributed by atoms with van der Waals surface area (Å²) in [5, 5.41) is 0.452. The maximum atomic E-state index is 12.7. The smallest absolute Gasteiger partial charge is 0.240 e. The Labute approximate surface area is 165 Å². The summed E-state index contributed by atoms with van der Waals surface area (Å²) < 4.78 is 17.3. The van der Waals surface area contributed by atoms with Gasteiger partial charge in [0.2, 0.25) is 5.91 Å². The molecule has 1 aliphatic heterocycles. The molecule has 0 saturated carbocycles. The monoisotopic (exact) mass is 402 g/mol. The summed E-state index contributed by atoms with van der Waals surface area (Å²) in [4.78, 5) is 19.1. The van der Waals surface area contributed by atoms with Crippen molar-refractivity contribution in [3.63, 3.8) is 0 Å². The molecule has 3 aromatic rings. The van der Waals surface area contributed by atoms with Crippen molar-refractivity contribution in [1.29, 1.82) is 0 Å². The first-order chi connectivity index (χ1) is 13.2. The molecule has 0 aliphatic carbocycles. The highest BCUT2D eigenvalue weighted by atomic mass is 32.2. The molecule has 0 radical (unpaired) electrons. The number of ether oxygens (including phenoxy) is 3. The van der Waals surface area contributed by atoms with E-state index in [1.165, 1.54) is 11.3 Å². The van der Waals surface area contributed by atoms with Crippen molar-refractivity contribution >= 4 is 44.4 Å². The van der Waals surface area contributed by atoms with Gasteiger partial charge in [-0.3, -0.25) is 9.69 Å². The number of hydrogen-bond acceptors (Lipinski definition) is 7. The zero-order valence-electron chi connectivity index (χ0n) is 15.1. The molecule has 1 aromatic heterocycles. The number of thioether (sulfide) groups is 1. The van der Waals surface area contributed by atoms with Gasteiger partial charge in [0.25, 0.3) is 0 Å². The quantitative estimate of drug-likeness (QED) is 0.640. The number of fused-ring (bicyclic) bond motifs is 1. The molecule has 2 aromatic carbocycles. The van der Waals surface area contributed by atoms with Crippen molar-refractivity contribution in [3.8, 4) is 17.2 Å². The van der Waals surface area contributed by atoms with Gasteiger partial charge in [0.1, 0.15) is 11.1 Å². The number of amides is 1. The first-order valence-corrected chi connectivity index (χ1v) is 10.1. The summed E-state index contributed by atoms with van der Waals surface area (Å²) in [6.07, 6.45) is 0. The van der Waals surface area contributed by atoms with Crippen molar-refractivity contribution in [2.75, 3.05) is 32.0 Å². The maximum absolute atomic E-state index is 12.7. The van der Waals surface area contributed by atoms with Gasteiger partial charge in [-0.25, -0.2) is 4.98 Å². The Balaban J connectivity index is 1.79. The van der Waals surface area contributed by atoms with Crippen molar-refractivity contribution in [1.82, 2.24) is 4.98 Å². The first kappa shape index (κ1) is 17.9. The molecule has 140 valence electrons. The second-order valence-corrected chi connectivity index (χ2v) is 7.92. The van der Waals surface area contributed by atoms with Crippen LogP contribution in [-0.4, -0.2) is 38.0 Å². The van der Waals surface area contributed by atoms with Gasteiger partial charge in [0, 0.05) is 5.56 Å². The molecule has 0 N–H and O–H groups in total. The van der Waals surface area contributed by atoms with Crippen molar-refractivity contribution in [2.45, 2.75) is 5.37 Å². The van der Waals surface area contributed by atoms with E-state index in [0.717, 1.165) is 21.5 Å². The number of hydrogen-bond donors (Lipinski definition) is 0. The predicted octanol–water partition coefficient (Wildman–Crippen LogP) is 4.10. The number of carbonyl (C=O) groups is 1. The van der Waals surface area contributed by atoms with Crippen LogP contribution in [0.4, 0.5) is 5.13 Å².